The minimum Gasteiger partial charge on any atom is -0.469 e. The van der Waals surface area contributed by atoms with Crippen LogP contribution in [0.1, 0.15) is 65.2 Å². The summed E-state index contributed by atoms with van der Waals surface area (Å²) in [7, 11) is 1.39. The average molecular weight is 295 g/mol. The van der Waals surface area contributed by atoms with Crippen molar-refractivity contribution in [3.63, 3.8) is 0 Å². The van der Waals surface area contributed by atoms with Gasteiger partial charge in [0, 0.05) is 18.7 Å². The molecule has 4 nitrogen and oxygen atoms in total. The van der Waals surface area contributed by atoms with E-state index in [0.717, 1.165) is 18.4 Å². The molecule has 0 saturated heterocycles. The third-order valence-corrected chi connectivity index (χ3v) is 4.00. The largest absolute Gasteiger partial charge is 0.469 e. The molecule has 21 heavy (non-hydrogen) atoms. The zero-order valence-electron chi connectivity index (χ0n) is 13.7. The Kier molecular flexibility index (Phi) is 8.09. The summed E-state index contributed by atoms with van der Waals surface area (Å²) < 4.78 is 4.70. The number of nitrogens with zero attached hydrogens (tertiary/aromatic N) is 1. The molecule has 1 rings (SSSR count). The van der Waals surface area contributed by atoms with Crippen molar-refractivity contribution in [2.45, 2.75) is 71.3 Å². The molecule has 4 heteroatoms. The number of allylic oxidation sites excluding steroid dienone is 1. The Balaban J connectivity index is 2.74. The van der Waals surface area contributed by atoms with Crippen LogP contribution in [-0.4, -0.2) is 36.5 Å². The first kappa shape index (κ1) is 17.7. The predicted octanol–water partition coefficient (Wildman–Crippen LogP) is 3.46. The fraction of sp³-hybridized carbons (Fsp3) is 0.765. The normalized spacial score (nSPS) is 16.5. The Morgan fingerprint density at radius 2 is 1.67 bits per heavy atom. The van der Waals surface area contributed by atoms with E-state index in [9.17, 15) is 9.59 Å². The van der Waals surface area contributed by atoms with Crippen molar-refractivity contribution in [2.24, 2.45) is 0 Å². The Morgan fingerprint density at radius 1 is 1.10 bits per heavy atom. The van der Waals surface area contributed by atoms with Crippen molar-refractivity contribution in [1.82, 2.24) is 4.90 Å². The molecule has 1 aliphatic carbocycles. The molecule has 0 spiro atoms. The molecule has 0 bridgehead atoms. The lowest BCUT2D eigenvalue weighted by Gasteiger charge is -2.32. The zero-order valence-corrected chi connectivity index (χ0v) is 13.7. The molecule has 1 aliphatic rings. The molecular weight excluding hydrogens is 266 g/mol. The van der Waals surface area contributed by atoms with Gasteiger partial charge in [-0.2, -0.15) is 0 Å². The lowest BCUT2D eigenvalue weighted by molar-refractivity contribution is -0.141. The van der Waals surface area contributed by atoms with Gasteiger partial charge in [-0.05, 0) is 26.7 Å². The summed E-state index contributed by atoms with van der Waals surface area (Å²) in [5, 5.41) is 0. The molecule has 0 atom stereocenters. The zero-order chi connectivity index (χ0) is 15.7. The standard InChI is InChI=1S/C17H29NO3/c1-14(2)13-16(19)18(12-11-17(20)21-3)15-9-7-5-4-6-8-10-15/h13,15H,4-12H2,1-3H3. The van der Waals surface area contributed by atoms with Crippen LogP contribution >= 0.6 is 0 Å². The summed E-state index contributed by atoms with van der Waals surface area (Å²) in [6.07, 6.45) is 10.2. The molecule has 0 radical (unpaired) electrons. The number of amides is 1. The van der Waals surface area contributed by atoms with Crippen LogP contribution in [0, 0.1) is 0 Å². The molecule has 1 amide bonds. The maximum Gasteiger partial charge on any atom is 0.307 e. The third kappa shape index (κ3) is 6.78. The number of carbonyl (C=O) groups excluding carboxylic acids is 2. The third-order valence-electron chi connectivity index (χ3n) is 4.00. The lowest BCUT2D eigenvalue weighted by Crippen LogP contribution is -2.41. The molecule has 0 unspecified atom stereocenters. The highest BCUT2D eigenvalue weighted by atomic mass is 16.5. The van der Waals surface area contributed by atoms with Crippen LogP contribution in [0.5, 0.6) is 0 Å². The van der Waals surface area contributed by atoms with Crippen LogP contribution in [0.2, 0.25) is 0 Å². The number of rotatable bonds is 5. The molecule has 1 saturated carbocycles. The fourth-order valence-corrected chi connectivity index (χ4v) is 2.86. The topological polar surface area (TPSA) is 46.6 Å². The van der Waals surface area contributed by atoms with E-state index < -0.39 is 0 Å². The van der Waals surface area contributed by atoms with Gasteiger partial charge in [-0.3, -0.25) is 9.59 Å². The van der Waals surface area contributed by atoms with Gasteiger partial charge in [0.05, 0.1) is 13.5 Å². The molecule has 0 aromatic carbocycles. The second-order valence-electron chi connectivity index (χ2n) is 6.08. The molecular formula is C17H29NO3. The van der Waals surface area contributed by atoms with Crippen molar-refractivity contribution in [1.29, 1.82) is 0 Å². The van der Waals surface area contributed by atoms with Gasteiger partial charge in [-0.25, -0.2) is 0 Å². The van der Waals surface area contributed by atoms with E-state index in [2.05, 4.69) is 0 Å². The van der Waals surface area contributed by atoms with Crippen LogP contribution in [0.3, 0.4) is 0 Å². The minimum absolute atomic E-state index is 0.0319. The monoisotopic (exact) mass is 295 g/mol. The Bertz CT molecular complexity index is 364. The van der Waals surface area contributed by atoms with Gasteiger partial charge in [-0.1, -0.05) is 37.7 Å². The van der Waals surface area contributed by atoms with Crippen molar-refractivity contribution in [3.05, 3.63) is 11.6 Å². The van der Waals surface area contributed by atoms with E-state index in [1.165, 1.54) is 39.2 Å². The Morgan fingerprint density at radius 3 is 2.19 bits per heavy atom. The molecule has 0 aliphatic heterocycles. The molecule has 1 fully saturated rings. The van der Waals surface area contributed by atoms with Gasteiger partial charge < -0.3 is 9.64 Å². The van der Waals surface area contributed by atoms with E-state index >= 15 is 0 Å². The van der Waals surface area contributed by atoms with E-state index in [-0.39, 0.29) is 24.3 Å². The maximum atomic E-state index is 12.4. The first-order valence-corrected chi connectivity index (χ1v) is 8.07. The quantitative estimate of drug-likeness (QED) is 0.576. The van der Waals surface area contributed by atoms with Crippen molar-refractivity contribution in [3.8, 4) is 0 Å². The number of hydrogen-bond acceptors (Lipinski definition) is 3. The first-order chi connectivity index (χ1) is 10.0. The maximum absolute atomic E-state index is 12.4. The molecule has 0 aromatic heterocycles. The SMILES string of the molecule is COC(=O)CCN(C(=O)C=C(C)C)C1CCCCCCC1. The molecule has 0 heterocycles. The van der Waals surface area contributed by atoms with E-state index in [1.54, 1.807) is 6.08 Å². The van der Waals surface area contributed by atoms with Crippen LogP contribution in [0.25, 0.3) is 0 Å². The van der Waals surface area contributed by atoms with Crippen LogP contribution in [0.4, 0.5) is 0 Å². The highest BCUT2D eigenvalue weighted by Crippen LogP contribution is 2.22. The molecule has 0 N–H and O–H groups in total. The highest BCUT2D eigenvalue weighted by molar-refractivity contribution is 5.88. The number of methoxy groups -OCH3 is 1. The van der Waals surface area contributed by atoms with Crippen molar-refractivity contribution >= 4 is 11.9 Å². The number of carbonyl (C=O) groups is 2. The smallest absolute Gasteiger partial charge is 0.307 e. The van der Waals surface area contributed by atoms with Crippen LogP contribution in [-0.2, 0) is 14.3 Å². The van der Waals surface area contributed by atoms with Crippen molar-refractivity contribution < 1.29 is 14.3 Å². The number of ether oxygens (including phenoxy) is 1. The summed E-state index contributed by atoms with van der Waals surface area (Å²) >= 11 is 0. The average Bonchev–Trinajstić information content (AvgIpc) is 2.39. The van der Waals surface area contributed by atoms with E-state index in [0.29, 0.717) is 6.54 Å². The van der Waals surface area contributed by atoms with Gasteiger partial charge in [0.15, 0.2) is 0 Å². The summed E-state index contributed by atoms with van der Waals surface area (Å²) in [5.41, 5.74) is 0.994. The summed E-state index contributed by atoms with van der Waals surface area (Å²) in [6.45, 7) is 4.31. The first-order valence-electron chi connectivity index (χ1n) is 8.07. The lowest BCUT2D eigenvalue weighted by atomic mass is 9.95. The van der Waals surface area contributed by atoms with E-state index in [1.807, 2.05) is 18.7 Å². The van der Waals surface area contributed by atoms with Crippen LogP contribution < -0.4 is 0 Å². The van der Waals surface area contributed by atoms with Crippen LogP contribution in [0.15, 0.2) is 11.6 Å². The minimum atomic E-state index is -0.254. The van der Waals surface area contributed by atoms with Crippen molar-refractivity contribution in [2.75, 3.05) is 13.7 Å². The van der Waals surface area contributed by atoms with Gasteiger partial charge in [0.25, 0.3) is 0 Å². The van der Waals surface area contributed by atoms with Gasteiger partial charge >= 0.3 is 5.97 Å². The summed E-state index contributed by atoms with van der Waals surface area (Å²) in [5.74, 6) is -0.222. The molecule has 120 valence electrons. The number of esters is 1. The van der Waals surface area contributed by atoms with Gasteiger partial charge in [0.1, 0.15) is 0 Å². The highest BCUT2D eigenvalue weighted by Gasteiger charge is 2.23. The van der Waals surface area contributed by atoms with E-state index in [4.69, 9.17) is 4.74 Å². The Hall–Kier alpha value is -1.32. The molecule has 0 aromatic rings. The summed E-state index contributed by atoms with van der Waals surface area (Å²) in [6, 6.07) is 0.262. The van der Waals surface area contributed by atoms with Gasteiger partial charge in [0.2, 0.25) is 5.91 Å². The second-order valence-corrected chi connectivity index (χ2v) is 6.08. The summed E-state index contributed by atoms with van der Waals surface area (Å²) in [4.78, 5) is 25.7. The number of hydrogen-bond donors (Lipinski definition) is 0. The fourth-order valence-electron chi connectivity index (χ4n) is 2.86. The Labute approximate surface area is 128 Å². The predicted molar refractivity (Wildman–Crippen MR) is 83.9 cm³/mol. The second kappa shape index (κ2) is 9.59. The van der Waals surface area contributed by atoms with Gasteiger partial charge in [-0.15, -0.1) is 0 Å².